The number of anilines is 1. The van der Waals surface area contributed by atoms with Crippen molar-refractivity contribution in [3.63, 3.8) is 0 Å². The molecule has 2 heterocycles. The molecule has 0 bridgehead atoms. The molecule has 1 aliphatic carbocycles. The van der Waals surface area contributed by atoms with E-state index in [9.17, 15) is 4.79 Å². The van der Waals surface area contributed by atoms with E-state index in [0.717, 1.165) is 42.8 Å². The lowest BCUT2D eigenvalue weighted by Crippen LogP contribution is -2.41. The van der Waals surface area contributed by atoms with E-state index in [1.807, 2.05) is 31.7 Å². The standard InChI is InChI=1S/C21H31N3O2/c1-21(2,3)26-20(25)24-13-11-15(12-14-24)18-10-9-17(22)19(23-18)16-7-5-4-6-8-16/h7,9-10,15H,4-6,8,11-14,22H2,1-3H3. The smallest absolute Gasteiger partial charge is 0.410 e. The fraction of sp³-hybridized carbons (Fsp3) is 0.619. The molecule has 5 heteroatoms. The highest BCUT2D eigenvalue weighted by atomic mass is 16.6. The fourth-order valence-electron chi connectivity index (χ4n) is 3.71. The number of allylic oxidation sites excluding steroid dienone is 2. The third-order valence-electron chi connectivity index (χ3n) is 5.11. The number of rotatable bonds is 2. The summed E-state index contributed by atoms with van der Waals surface area (Å²) in [4.78, 5) is 19.0. The first-order valence-corrected chi connectivity index (χ1v) is 9.77. The van der Waals surface area contributed by atoms with Gasteiger partial charge in [-0.1, -0.05) is 6.08 Å². The second-order valence-corrected chi connectivity index (χ2v) is 8.39. The number of piperidine rings is 1. The largest absolute Gasteiger partial charge is 0.444 e. The van der Waals surface area contributed by atoms with Crippen molar-refractivity contribution in [3.05, 3.63) is 29.6 Å². The van der Waals surface area contributed by atoms with Gasteiger partial charge in [0.15, 0.2) is 0 Å². The minimum atomic E-state index is -0.449. The first kappa shape index (κ1) is 18.7. The summed E-state index contributed by atoms with van der Waals surface area (Å²) in [5.41, 5.74) is 9.88. The highest BCUT2D eigenvalue weighted by Gasteiger charge is 2.28. The summed E-state index contributed by atoms with van der Waals surface area (Å²) in [7, 11) is 0. The Hall–Kier alpha value is -2.04. The maximum atomic E-state index is 12.2. The maximum absolute atomic E-state index is 12.2. The fourth-order valence-corrected chi connectivity index (χ4v) is 3.71. The molecule has 1 aromatic heterocycles. The molecule has 1 amide bonds. The zero-order valence-corrected chi connectivity index (χ0v) is 16.3. The van der Waals surface area contributed by atoms with Gasteiger partial charge in [-0.15, -0.1) is 0 Å². The lowest BCUT2D eigenvalue weighted by molar-refractivity contribution is 0.0204. The van der Waals surface area contributed by atoms with Crippen LogP contribution in [0.4, 0.5) is 10.5 Å². The zero-order chi connectivity index (χ0) is 18.7. The average molecular weight is 357 g/mol. The summed E-state index contributed by atoms with van der Waals surface area (Å²) < 4.78 is 5.48. The van der Waals surface area contributed by atoms with Gasteiger partial charge in [-0.3, -0.25) is 4.98 Å². The van der Waals surface area contributed by atoms with Gasteiger partial charge in [0, 0.05) is 24.7 Å². The minimum absolute atomic E-state index is 0.214. The predicted octanol–water partition coefficient (Wildman–Crippen LogP) is 4.74. The number of hydrogen-bond donors (Lipinski definition) is 1. The van der Waals surface area contributed by atoms with Crippen LogP contribution in [-0.2, 0) is 4.74 Å². The van der Waals surface area contributed by atoms with Gasteiger partial charge in [-0.25, -0.2) is 4.79 Å². The Morgan fingerprint density at radius 2 is 1.96 bits per heavy atom. The van der Waals surface area contributed by atoms with Crippen molar-refractivity contribution in [2.75, 3.05) is 18.8 Å². The number of nitrogens with zero attached hydrogens (tertiary/aromatic N) is 2. The molecule has 0 aromatic carbocycles. The van der Waals surface area contributed by atoms with Crippen LogP contribution < -0.4 is 5.73 Å². The monoisotopic (exact) mass is 357 g/mol. The molecule has 26 heavy (non-hydrogen) atoms. The van der Waals surface area contributed by atoms with Crippen LogP contribution in [0, 0.1) is 0 Å². The van der Waals surface area contributed by atoms with Crippen LogP contribution in [0.1, 0.15) is 76.6 Å². The molecule has 142 valence electrons. The lowest BCUT2D eigenvalue weighted by Gasteiger charge is -2.33. The Labute approximate surface area is 156 Å². The Morgan fingerprint density at radius 3 is 2.58 bits per heavy atom. The highest BCUT2D eigenvalue weighted by molar-refractivity contribution is 5.72. The number of ether oxygens (including phenoxy) is 1. The zero-order valence-electron chi connectivity index (χ0n) is 16.3. The number of aromatic nitrogens is 1. The number of carbonyl (C=O) groups excluding carboxylic acids is 1. The molecule has 0 atom stereocenters. The maximum Gasteiger partial charge on any atom is 0.410 e. The third-order valence-corrected chi connectivity index (χ3v) is 5.11. The van der Waals surface area contributed by atoms with E-state index in [-0.39, 0.29) is 6.09 Å². The van der Waals surface area contributed by atoms with E-state index in [1.54, 1.807) is 0 Å². The van der Waals surface area contributed by atoms with Gasteiger partial charge < -0.3 is 15.4 Å². The topological polar surface area (TPSA) is 68.5 Å². The minimum Gasteiger partial charge on any atom is -0.444 e. The van der Waals surface area contributed by atoms with Crippen LogP contribution >= 0.6 is 0 Å². The number of likely N-dealkylation sites (tertiary alicyclic amines) is 1. The van der Waals surface area contributed by atoms with Crippen molar-refractivity contribution in [3.8, 4) is 0 Å². The van der Waals surface area contributed by atoms with Crippen LogP contribution in [-0.4, -0.2) is 34.7 Å². The molecule has 5 nitrogen and oxygen atoms in total. The summed E-state index contributed by atoms with van der Waals surface area (Å²) in [5, 5.41) is 0. The summed E-state index contributed by atoms with van der Waals surface area (Å²) in [6.45, 7) is 7.12. The van der Waals surface area contributed by atoms with E-state index in [0.29, 0.717) is 19.0 Å². The summed E-state index contributed by atoms with van der Waals surface area (Å²) in [6.07, 6.45) is 8.55. The molecular formula is C21H31N3O2. The molecule has 1 aromatic rings. The molecule has 1 saturated heterocycles. The Kier molecular flexibility index (Phi) is 5.54. The Bertz CT molecular complexity index is 683. The second-order valence-electron chi connectivity index (χ2n) is 8.39. The molecule has 2 N–H and O–H groups in total. The normalized spacial score (nSPS) is 19.2. The van der Waals surface area contributed by atoms with Crippen LogP contribution in [0.25, 0.3) is 5.57 Å². The number of nitrogen functional groups attached to an aromatic ring is 1. The number of pyridine rings is 1. The number of carbonyl (C=O) groups is 1. The first-order valence-electron chi connectivity index (χ1n) is 9.77. The number of nitrogens with two attached hydrogens (primary N) is 1. The van der Waals surface area contributed by atoms with Crippen LogP contribution in [0.2, 0.25) is 0 Å². The Balaban J connectivity index is 1.66. The number of hydrogen-bond acceptors (Lipinski definition) is 4. The highest BCUT2D eigenvalue weighted by Crippen LogP contribution is 2.33. The molecule has 0 spiro atoms. The van der Waals surface area contributed by atoms with Crippen molar-refractivity contribution in [1.82, 2.24) is 9.88 Å². The van der Waals surface area contributed by atoms with Crippen molar-refractivity contribution in [2.24, 2.45) is 0 Å². The molecule has 0 unspecified atom stereocenters. The summed E-state index contributed by atoms with van der Waals surface area (Å²) in [6, 6.07) is 4.05. The molecule has 2 aliphatic rings. The van der Waals surface area contributed by atoms with Crippen LogP contribution in [0.5, 0.6) is 0 Å². The lowest BCUT2D eigenvalue weighted by atomic mass is 9.91. The van der Waals surface area contributed by atoms with Crippen LogP contribution in [0.3, 0.4) is 0 Å². The van der Waals surface area contributed by atoms with E-state index in [4.69, 9.17) is 15.5 Å². The van der Waals surface area contributed by atoms with Crippen molar-refractivity contribution in [1.29, 1.82) is 0 Å². The first-order chi connectivity index (χ1) is 12.3. The van der Waals surface area contributed by atoms with E-state index < -0.39 is 5.60 Å². The van der Waals surface area contributed by atoms with Gasteiger partial charge in [-0.05, 0) is 77.0 Å². The number of amides is 1. The van der Waals surface area contributed by atoms with E-state index in [1.165, 1.54) is 18.4 Å². The van der Waals surface area contributed by atoms with Gasteiger partial charge in [0.25, 0.3) is 0 Å². The van der Waals surface area contributed by atoms with E-state index >= 15 is 0 Å². The van der Waals surface area contributed by atoms with Crippen molar-refractivity contribution < 1.29 is 9.53 Å². The Morgan fingerprint density at radius 1 is 1.23 bits per heavy atom. The third kappa shape index (κ3) is 4.57. The van der Waals surface area contributed by atoms with Gasteiger partial charge >= 0.3 is 6.09 Å². The van der Waals surface area contributed by atoms with Gasteiger partial charge in [0.2, 0.25) is 0 Å². The average Bonchev–Trinajstić information content (AvgIpc) is 2.61. The molecule has 3 rings (SSSR count). The SMILES string of the molecule is CC(C)(C)OC(=O)N1CCC(c2ccc(N)c(C3=CCCCC3)n2)CC1. The quantitative estimate of drug-likeness (QED) is 0.830. The van der Waals surface area contributed by atoms with E-state index in [2.05, 4.69) is 12.1 Å². The summed E-state index contributed by atoms with van der Waals surface area (Å²) >= 11 is 0. The molecule has 1 fully saturated rings. The summed E-state index contributed by atoms with van der Waals surface area (Å²) in [5.74, 6) is 0.372. The molecule has 0 saturated carbocycles. The molecule has 0 radical (unpaired) electrons. The molecular weight excluding hydrogens is 326 g/mol. The van der Waals surface area contributed by atoms with Crippen LogP contribution in [0.15, 0.2) is 18.2 Å². The van der Waals surface area contributed by atoms with Gasteiger partial charge in [0.05, 0.1) is 11.4 Å². The van der Waals surface area contributed by atoms with Crippen molar-refractivity contribution >= 4 is 17.4 Å². The molecule has 1 aliphatic heterocycles. The predicted molar refractivity (Wildman–Crippen MR) is 105 cm³/mol. The second kappa shape index (κ2) is 7.68. The van der Waals surface area contributed by atoms with Crippen molar-refractivity contribution in [2.45, 2.75) is 70.8 Å². The van der Waals surface area contributed by atoms with Gasteiger partial charge in [-0.2, -0.15) is 0 Å². The van der Waals surface area contributed by atoms with Gasteiger partial charge in [0.1, 0.15) is 5.60 Å².